The molecule has 1 saturated heterocycles. The SMILES string of the molecule is CNCCC1CCN(C(=O)c2ccc(C)c(NC(=O)c3ccco3)c2)CC1. The Hall–Kier alpha value is -2.60. The molecule has 2 amide bonds. The van der Waals surface area contributed by atoms with Crippen molar-refractivity contribution < 1.29 is 14.0 Å². The highest BCUT2D eigenvalue weighted by molar-refractivity contribution is 6.03. The molecule has 0 atom stereocenters. The molecule has 2 N–H and O–H groups in total. The first-order valence-corrected chi connectivity index (χ1v) is 9.48. The van der Waals surface area contributed by atoms with Crippen LogP contribution in [0.15, 0.2) is 41.0 Å². The van der Waals surface area contributed by atoms with Gasteiger partial charge in [-0.25, -0.2) is 0 Å². The van der Waals surface area contributed by atoms with E-state index in [0.29, 0.717) is 17.2 Å². The van der Waals surface area contributed by atoms with Crippen LogP contribution in [0.4, 0.5) is 5.69 Å². The van der Waals surface area contributed by atoms with Gasteiger partial charge in [-0.15, -0.1) is 0 Å². The molecule has 2 heterocycles. The highest BCUT2D eigenvalue weighted by atomic mass is 16.3. The predicted octanol–water partition coefficient (Wildman–Crippen LogP) is 3.30. The summed E-state index contributed by atoms with van der Waals surface area (Å²) in [5.74, 6) is 0.631. The number of carbonyl (C=O) groups is 2. The Morgan fingerprint density at radius 2 is 2.00 bits per heavy atom. The van der Waals surface area contributed by atoms with Crippen LogP contribution in [0.5, 0.6) is 0 Å². The number of hydrogen-bond donors (Lipinski definition) is 2. The molecule has 0 unspecified atom stereocenters. The molecule has 6 nitrogen and oxygen atoms in total. The predicted molar refractivity (Wildman–Crippen MR) is 105 cm³/mol. The van der Waals surface area contributed by atoms with Gasteiger partial charge in [0.25, 0.3) is 11.8 Å². The number of rotatable bonds is 6. The van der Waals surface area contributed by atoms with Gasteiger partial charge in [0.15, 0.2) is 5.76 Å². The lowest BCUT2D eigenvalue weighted by molar-refractivity contribution is 0.0687. The number of nitrogens with zero attached hydrogens (tertiary/aromatic N) is 1. The molecule has 0 spiro atoms. The van der Waals surface area contributed by atoms with E-state index in [9.17, 15) is 9.59 Å². The van der Waals surface area contributed by atoms with Crippen LogP contribution in [0.1, 0.15) is 45.7 Å². The molecule has 2 aromatic rings. The fourth-order valence-corrected chi connectivity index (χ4v) is 3.44. The van der Waals surface area contributed by atoms with E-state index < -0.39 is 0 Å². The van der Waals surface area contributed by atoms with Gasteiger partial charge in [-0.05, 0) is 75.5 Å². The quantitative estimate of drug-likeness (QED) is 0.819. The van der Waals surface area contributed by atoms with Gasteiger partial charge in [0, 0.05) is 24.3 Å². The molecule has 27 heavy (non-hydrogen) atoms. The molecule has 144 valence electrons. The summed E-state index contributed by atoms with van der Waals surface area (Å²) in [6.45, 7) is 4.50. The van der Waals surface area contributed by atoms with Crippen LogP contribution >= 0.6 is 0 Å². The Morgan fingerprint density at radius 1 is 1.22 bits per heavy atom. The van der Waals surface area contributed by atoms with Crippen molar-refractivity contribution in [1.82, 2.24) is 10.2 Å². The lowest BCUT2D eigenvalue weighted by atomic mass is 9.93. The zero-order valence-corrected chi connectivity index (χ0v) is 16.0. The molecule has 0 bridgehead atoms. The van der Waals surface area contributed by atoms with Crippen LogP contribution in [-0.4, -0.2) is 43.4 Å². The Kier molecular flexibility index (Phi) is 6.29. The summed E-state index contributed by atoms with van der Waals surface area (Å²) in [5.41, 5.74) is 2.13. The second kappa shape index (κ2) is 8.86. The number of piperidine rings is 1. The topological polar surface area (TPSA) is 74.6 Å². The van der Waals surface area contributed by atoms with Crippen molar-refractivity contribution in [2.24, 2.45) is 5.92 Å². The summed E-state index contributed by atoms with van der Waals surface area (Å²) in [5, 5.41) is 6.02. The number of carbonyl (C=O) groups excluding carboxylic acids is 2. The van der Waals surface area contributed by atoms with E-state index in [4.69, 9.17) is 4.42 Å². The number of hydrogen-bond acceptors (Lipinski definition) is 4. The smallest absolute Gasteiger partial charge is 0.291 e. The van der Waals surface area contributed by atoms with Gasteiger partial charge in [0.05, 0.1) is 6.26 Å². The monoisotopic (exact) mass is 369 g/mol. The molecule has 1 fully saturated rings. The third-order valence-electron chi connectivity index (χ3n) is 5.18. The van der Waals surface area contributed by atoms with Gasteiger partial charge in [-0.2, -0.15) is 0 Å². The lowest BCUT2D eigenvalue weighted by Gasteiger charge is -2.32. The number of benzene rings is 1. The fraction of sp³-hybridized carbons (Fsp3) is 0.429. The zero-order valence-electron chi connectivity index (χ0n) is 16.0. The average Bonchev–Trinajstić information content (AvgIpc) is 3.23. The standard InChI is InChI=1S/C21H27N3O3/c1-15-5-6-17(14-18(15)23-20(25)19-4-3-13-27-19)21(26)24-11-8-16(9-12-24)7-10-22-2/h3-6,13-14,16,22H,7-12H2,1-2H3,(H,23,25). The molecule has 1 aliphatic rings. The first-order valence-electron chi connectivity index (χ1n) is 9.48. The van der Waals surface area contributed by atoms with Crippen molar-refractivity contribution in [3.8, 4) is 0 Å². The summed E-state index contributed by atoms with van der Waals surface area (Å²) >= 11 is 0. The minimum absolute atomic E-state index is 0.0237. The number of nitrogens with one attached hydrogen (secondary N) is 2. The highest BCUT2D eigenvalue weighted by Crippen LogP contribution is 2.24. The minimum atomic E-state index is -0.321. The van der Waals surface area contributed by atoms with Crippen molar-refractivity contribution in [3.05, 3.63) is 53.5 Å². The first kappa shape index (κ1) is 19.2. The lowest BCUT2D eigenvalue weighted by Crippen LogP contribution is -2.39. The van der Waals surface area contributed by atoms with E-state index in [1.807, 2.05) is 31.0 Å². The van der Waals surface area contributed by atoms with Crippen molar-refractivity contribution in [2.75, 3.05) is 32.0 Å². The molecular weight excluding hydrogens is 342 g/mol. The van der Waals surface area contributed by atoms with E-state index in [1.165, 1.54) is 6.26 Å². The Bertz CT molecular complexity index is 778. The van der Waals surface area contributed by atoms with E-state index >= 15 is 0 Å². The fourth-order valence-electron chi connectivity index (χ4n) is 3.44. The maximum Gasteiger partial charge on any atom is 0.291 e. The van der Waals surface area contributed by atoms with E-state index in [0.717, 1.165) is 44.5 Å². The number of amides is 2. The van der Waals surface area contributed by atoms with Crippen LogP contribution in [0, 0.1) is 12.8 Å². The van der Waals surface area contributed by atoms with E-state index in [-0.39, 0.29) is 17.6 Å². The summed E-state index contributed by atoms with van der Waals surface area (Å²) in [6.07, 6.45) is 4.71. The largest absolute Gasteiger partial charge is 0.459 e. The summed E-state index contributed by atoms with van der Waals surface area (Å²) in [7, 11) is 1.97. The number of anilines is 1. The Morgan fingerprint density at radius 3 is 2.67 bits per heavy atom. The minimum Gasteiger partial charge on any atom is -0.459 e. The molecule has 1 aliphatic heterocycles. The molecule has 3 rings (SSSR count). The maximum absolute atomic E-state index is 12.9. The zero-order chi connectivity index (χ0) is 19.2. The van der Waals surface area contributed by atoms with Crippen LogP contribution in [0.2, 0.25) is 0 Å². The molecule has 0 radical (unpaired) electrons. The van der Waals surface area contributed by atoms with Crippen molar-refractivity contribution in [2.45, 2.75) is 26.2 Å². The van der Waals surface area contributed by atoms with Crippen LogP contribution < -0.4 is 10.6 Å². The van der Waals surface area contributed by atoms with Crippen molar-refractivity contribution in [1.29, 1.82) is 0 Å². The van der Waals surface area contributed by atoms with Crippen molar-refractivity contribution in [3.63, 3.8) is 0 Å². The Balaban J connectivity index is 1.65. The summed E-state index contributed by atoms with van der Waals surface area (Å²) in [6, 6.07) is 8.73. The maximum atomic E-state index is 12.9. The second-order valence-electron chi connectivity index (χ2n) is 7.09. The molecule has 1 aromatic carbocycles. The molecule has 6 heteroatoms. The normalized spacial score (nSPS) is 15.0. The van der Waals surface area contributed by atoms with Gasteiger partial charge >= 0.3 is 0 Å². The van der Waals surface area contributed by atoms with Crippen LogP contribution in [-0.2, 0) is 0 Å². The third-order valence-corrected chi connectivity index (χ3v) is 5.18. The van der Waals surface area contributed by atoms with Gasteiger partial charge in [-0.1, -0.05) is 6.07 Å². The van der Waals surface area contributed by atoms with E-state index in [2.05, 4.69) is 10.6 Å². The highest BCUT2D eigenvalue weighted by Gasteiger charge is 2.24. The number of furan rings is 1. The molecular formula is C21H27N3O3. The Labute approximate surface area is 159 Å². The molecule has 0 aliphatic carbocycles. The number of aryl methyl sites for hydroxylation is 1. The second-order valence-corrected chi connectivity index (χ2v) is 7.09. The van der Waals surface area contributed by atoms with E-state index in [1.54, 1.807) is 18.2 Å². The van der Waals surface area contributed by atoms with Gasteiger partial charge in [0.1, 0.15) is 0 Å². The van der Waals surface area contributed by atoms with Gasteiger partial charge < -0.3 is 20.0 Å². The van der Waals surface area contributed by atoms with Crippen LogP contribution in [0.25, 0.3) is 0 Å². The van der Waals surface area contributed by atoms with Crippen LogP contribution in [0.3, 0.4) is 0 Å². The summed E-state index contributed by atoms with van der Waals surface area (Å²) < 4.78 is 5.13. The molecule has 1 aromatic heterocycles. The number of likely N-dealkylation sites (tertiary alicyclic amines) is 1. The van der Waals surface area contributed by atoms with Gasteiger partial charge in [-0.3, -0.25) is 9.59 Å². The van der Waals surface area contributed by atoms with Crippen molar-refractivity contribution >= 4 is 17.5 Å². The average molecular weight is 369 g/mol. The first-order chi connectivity index (χ1) is 13.1. The van der Waals surface area contributed by atoms with Gasteiger partial charge in [0.2, 0.25) is 0 Å². The molecule has 0 saturated carbocycles. The summed E-state index contributed by atoms with van der Waals surface area (Å²) in [4.78, 5) is 27.0. The third kappa shape index (κ3) is 4.77.